The lowest BCUT2D eigenvalue weighted by molar-refractivity contribution is -0.116. The average Bonchev–Trinajstić information content (AvgIpc) is 3.40. The van der Waals surface area contributed by atoms with Crippen LogP contribution in [0.3, 0.4) is 0 Å². The first-order valence-corrected chi connectivity index (χ1v) is 13.6. The molecule has 0 radical (unpaired) electrons. The molecule has 1 aromatic carbocycles. The molecule has 4 aromatic rings. The molecule has 0 spiro atoms. The van der Waals surface area contributed by atoms with E-state index in [0.29, 0.717) is 18.1 Å². The molecule has 1 saturated heterocycles. The van der Waals surface area contributed by atoms with Crippen LogP contribution >= 0.6 is 12.2 Å². The molecule has 8 heteroatoms. The van der Waals surface area contributed by atoms with Crippen molar-refractivity contribution >= 4 is 28.9 Å². The van der Waals surface area contributed by atoms with Gasteiger partial charge in [0.05, 0.1) is 17.8 Å². The number of carbonyl (C=O) groups excluding carboxylic acids is 1. The molecule has 0 unspecified atom stereocenters. The van der Waals surface area contributed by atoms with Crippen molar-refractivity contribution in [1.29, 1.82) is 0 Å². The molecule has 2 atom stereocenters. The van der Waals surface area contributed by atoms with Gasteiger partial charge in [0.1, 0.15) is 5.82 Å². The molecule has 2 N–H and O–H groups in total. The van der Waals surface area contributed by atoms with Crippen LogP contribution in [0.25, 0.3) is 5.82 Å². The number of nitrogens with zero attached hydrogens (tertiary/aromatic N) is 4. The number of hydrogen-bond acceptors (Lipinski definition) is 4. The molecule has 39 heavy (non-hydrogen) atoms. The minimum atomic E-state index is -0.152. The zero-order valence-corrected chi connectivity index (χ0v) is 23.8. The number of anilines is 1. The van der Waals surface area contributed by atoms with Crippen molar-refractivity contribution in [3.63, 3.8) is 0 Å². The normalized spacial score (nSPS) is 16.8. The lowest BCUT2D eigenvalue weighted by Gasteiger charge is -2.28. The van der Waals surface area contributed by atoms with Crippen molar-refractivity contribution < 1.29 is 4.79 Å². The van der Waals surface area contributed by atoms with Crippen LogP contribution in [0.15, 0.2) is 67.0 Å². The second kappa shape index (κ2) is 11.0. The summed E-state index contributed by atoms with van der Waals surface area (Å²) in [5, 5.41) is 7.20. The fraction of sp³-hybridized carbons (Fsp3) is 0.290. The summed E-state index contributed by atoms with van der Waals surface area (Å²) < 4.78 is 2.18. The van der Waals surface area contributed by atoms with Gasteiger partial charge in [-0.3, -0.25) is 9.78 Å². The van der Waals surface area contributed by atoms with Crippen molar-refractivity contribution in [2.75, 3.05) is 11.9 Å². The van der Waals surface area contributed by atoms with Gasteiger partial charge in [0.2, 0.25) is 5.91 Å². The van der Waals surface area contributed by atoms with E-state index in [0.717, 1.165) is 50.8 Å². The molecule has 200 valence electrons. The molecule has 1 aliphatic heterocycles. The van der Waals surface area contributed by atoms with Crippen molar-refractivity contribution in [3.05, 3.63) is 106 Å². The monoisotopic (exact) mass is 538 g/mol. The number of amides is 1. The van der Waals surface area contributed by atoms with Crippen molar-refractivity contribution in [2.24, 2.45) is 0 Å². The average molecular weight is 539 g/mol. The molecule has 0 saturated carbocycles. The first-order valence-electron chi connectivity index (χ1n) is 13.2. The number of nitrogens with one attached hydrogen (secondary N) is 2. The first kappa shape index (κ1) is 26.6. The minimum Gasteiger partial charge on any atom is -0.352 e. The maximum absolute atomic E-state index is 13.0. The smallest absolute Gasteiger partial charge is 0.226 e. The van der Waals surface area contributed by atoms with E-state index in [1.807, 2.05) is 69.4 Å². The third-order valence-electron chi connectivity index (χ3n) is 7.36. The third-order valence-corrected chi connectivity index (χ3v) is 7.71. The third kappa shape index (κ3) is 5.43. The van der Waals surface area contributed by atoms with Gasteiger partial charge >= 0.3 is 0 Å². The van der Waals surface area contributed by atoms with E-state index in [1.165, 1.54) is 0 Å². The number of aromatic nitrogens is 3. The van der Waals surface area contributed by atoms with Crippen LogP contribution < -0.4 is 10.6 Å². The van der Waals surface area contributed by atoms with E-state index in [-0.39, 0.29) is 18.0 Å². The zero-order chi connectivity index (χ0) is 27.7. The highest BCUT2D eigenvalue weighted by molar-refractivity contribution is 7.80. The topological polar surface area (TPSA) is 75.1 Å². The highest BCUT2D eigenvalue weighted by atomic mass is 32.1. The van der Waals surface area contributed by atoms with Gasteiger partial charge in [0.25, 0.3) is 0 Å². The first-order chi connectivity index (χ1) is 18.7. The van der Waals surface area contributed by atoms with Crippen LogP contribution in [0.5, 0.6) is 0 Å². The summed E-state index contributed by atoms with van der Waals surface area (Å²) in [5.41, 5.74) is 8.33. The van der Waals surface area contributed by atoms with E-state index < -0.39 is 0 Å². The summed E-state index contributed by atoms with van der Waals surface area (Å²) in [6, 6.07) is 18.0. The standard InChI is InChI=1S/C31H34N6OS/c1-19-9-11-21(3)26(16-19)34-28(38)13-15-36-30(29(35-31(36)39)25-8-6-7-14-32-25)24-17-22(4)37(23(24)5)27-12-10-20(2)18-33-27/h6-12,14,16-18,29-30H,13,15H2,1-5H3,(H,34,38)(H,35,39)/t29-,30-/m1/s1. The maximum atomic E-state index is 13.0. The second-order valence-electron chi connectivity index (χ2n) is 10.3. The van der Waals surface area contributed by atoms with Crippen LogP contribution in [0.4, 0.5) is 5.69 Å². The summed E-state index contributed by atoms with van der Waals surface area (Å²) in [7, 11) is 0. The van der Waals surface area contributed by atoms with Crippen molar-refractivity contribution in [1.82, 2.24) is 24.8 Å². The highest BCUT2D eigenvalue weighted by Crippen LogP contribution is 2.41. The van der Waals surface area contributed by atoms with E-state index in [2.05, 4.69) is 56.0 Å². The maximum Gasteiger partial charge on any atom is 0.226 e. The number of thiocarbonyl (C=S) groups is 1. The van der Waals surface area contributed by atoms with Gasteiger partial charge in [-0.2, -0.15) is 0 Å². The molecule has 4 heterocycles. The largest absolute Gasteiger partial charge is 0.352 e. The van der Waals surface area contributed by atoms with Gasteiger partial charge in [-0.25, -0.2) is 4.98 Å². The fourth-order valence-electron chi connectivity index (χ4n) is 5.32. The van der Waals surface area contributed by atoms with Crippen LogP contribution in [-0.4, -0.2) is 37.0 Å². The molecular formula is C31H34N6OS. The molecular weight excluding hydrogens is 504 g/mol. The van der Waals surface area contributed by atoms with E-state index in [1.54, 1.807) is 6.20 Å². The molecule has 1 aliphatic rings. The molecule has 5 rings (SSSR count). The van der Waals surface area contributed by atoms with Crippen molar-refractivity contribution in [2.45, 2.75) is 53.1 Å². The SMILES string of the molecule is Cc1ccc(-n2c(C)cc([C@@H]3[C@@H](c4ccccn4)NC(=S)N3CCC(=O)Nc3cc(C)ccc3C)c2C)nc1. The van der Waals surface area contributed by atoms with Gasteiger partial charge in [0.15, 0.2) is 5.11 Å². The summed E-state index contributed by atoms with van der Waals surface area (Å²) in [6.07, 6.45) is 3.99. The van der Waals surface area contributed by atoms with Gasteiger partial charge in [0, 0.05) is 42.4 Å². The molecule has 0 bridgehead atoms. The van der Waals surface area contributed by atoms with E-state index >= 15 is 0 Å². The Balaban J connectivity index is 1.46. The fourth-order valence-corrected chi connectivity index (χ4v) is 5.65. The summed E-state index contributed by atoms with van der Waals surface area (Å²) in [4.78, 5) is 24.5. The van der Waals surface area contributed by atoms with Crippen LogP contribution in [0.1, 0.15) is 57.8 Å². The number of hydrogen-bond donors (Lipinski definition) is 2. The van der Waals surface area contributed by atoms with Crippen LogP contribution in [-0.2, 0) is 4.79 Å². The second-order valence-corrected chi connectivity index (χ2v) is 10.7. The van der Waals surface area contributed by atoms with Gasteiger partial charge in [-0.05, 0) is 99.4 Å². The quantitative estimate of drug-likeness (QED) is 0.289. The Morgan fingerprint density at radius 1 is 1.00 bits per heavy atom. The van der Waals surface area contributed by atoms with Crippen LogP contribution in [0.2, 0.25) is 0 Å². The Bertz CT molecular complexity index is 1510. The Kier molecular flexibility index (Phi) is 7.48. The van der Waals surface area contributed by atoms with E-state index in [9.17, 15) is 4.79 Å². The molecule has 0 aliphatic carbocycles. The Morgan fingerprint density at radius 2 is 1.79 bits per heavy atom. The predicted octanol–water partition coefficient (Wildman–Crippen LogP) is 5.81. The van der Waals surface area contributed by atoms with Crippen LogP contribution in [0, 0.1) is 34.6 Å². The molecule has 1 amide bonds. The number of pyridine rings is 2. The van der Waals surface area contributed by atoms with Gasteiger partial charge in [-0.1, -0.05) is 24.3 Å². The summed E-state index contributed by atoms with van der Waals surface area (Å²) in [5.74, 6) is 0.838. The molecule has 3 aromatic heterocycles. The molecule has 7 nitrogen and oxygen atoms in total. The highest BCUT2D eigenvalue weighted by Gasteiger charge is 2.41. The Labute approximate surface area is 235 Å². The summed E-state index contributed by atoms with van der Waals surface area (Å²) >= 11 is 5.84. The number of benzene rings is 1. The van der Waals surface area contributed by atoms with Gasteiger partial charge in [-0.15, -0.1) is 0 Å². The lowest BCUT2D eigenvalue weighted by Crippen LogP contribution is -2.33. The van der Waals surface area contributed by atoms with Gasteiger partial charge < -0.3 is 20.1 Å². The lowest BCUT2D eigenvalue weighted by atomic mass is 9.96. The van der Waals surface area contributed by atoms with Crippen molar-refractivity contribution in [3.8, 4) is 5.82 Å². The predicted molar refractivity (Wildman–Crippen MR) is 159 cm³/mol. The Hall–Kier alpha value is -4.04. The summed E-state index contributed by atoms with van der Waals surface area (Å²) in [6.45, 7) is 10.7. The number of aryl methyl sites for hydroxylation is 4. The Morgan fingerprint density at radius 3 is 2.51 bits per heavy atom. The number of carbonyl (C=O) groups is 1. The van der Waals surface area contributed by atoms with E-state index in [4.69, 9.17) is 12.2 Å². The molecule has 1 fully saturated rings. The minimum absolute atomic E-state index is 0.0409. The zero-order valence-electron chi connectivity index (χ0n) is 23.0. The number of rotatable bonds is 7.